The number of rotatable bonds is 10. The van der Waals surface area contributed by atoms with E-state index < -0.39 is 38.0 Å². The normalized spacial score (nSPS) is 37.9. The molecule has 6 N–H and O–H groups in total. The highest BCUT2D eigenvalue weighted by molar-refractivity contribution is 6.68. The van der Waals surface area contributed by atoms with Crippen LogP contribution < -0.4 is 21.9 Å². The molecule has 25 aliphatic rings. The molecule has 0 aromatic carbocycles. The van der Waals surface area contributed by atoms with Crippen molar-refractivity contribution in [3.8, 4) is 0 Å². The van der Waals surface area contributed by atoms with Crippen LogP contribution in [0.25, 0.3) is 24.3 Å². The summed E-state index contributed by atoms with van der Waals surface area (Å²) in [4.78, 5) is 26.7. The van der Waals surface area contributed by atoms with Gasteiger partial charge in [-0.05, 0) is 244 Å². The maximum absolute atomic E-state index is 11.0. The molecule has 4 aromatic rings. The molecule has 594 valence electrons. The predicted molar refractivity (Wildman–Crippen MR) is 451 cm³/mol. The monoisotopic (exact) mass is 1530 g/mol. The maximum Gasteiger partial charge on any atom is 0.471 e. The number of allylic oxidation sites excluding steroid dienone is 4. The molecule has 23 heteroatoms. The first kappa shape index (κ1) is 73.8. The number of aliphatic hydroxyl groups is 3. The quantitative estimate of drug-likeness (QED) is 0.0809. The van der Waals surface area contributed by atoms with Gasteiger partial charge in [0.25, 0.3) is 0 Å². The van der Waals surface area contributed by atoms with Crippen molar-refractivity contribution >= 4 is 97.2 Å². The van der Waals surface area contributed by atoms with Crippen molar-refractivity contribution < 1.29 is 35.0 Å². The van der Waals surface area contributed by atoms with Crippen molar-refractivity contribution in [2.24, 2.45) is 121 Å². The molecule has 114 heavy (non-hydrogen) atoms. The second-order valence-electron chi connectivity index (χ2n) is 41.4. The highest BCUT2D eigenvalue weighted by atomic mass is 16.5. The molecule has 9 heterocycles. The Morgan fingerprint density at radius 3 is 0.982 bits per heavy atom. The van der Waals surface area contributed by atoms with Gasteiger partial charge in [0.15, 0.2) is 0 Å². The standard InChI is InChI=1S/C25H32BN3O.3C22H28BN3O2/c1-24(2)7-8-29-26(30-24)19-14-27-20-6-4-5-18(20)22(19)23(28-29)21-16-9-15-10-17(21)13-25(3,11-15)12-16;3*1-2-6-26-23(28)17-12-24-18-5-3-4-16(18)20(17)21(25-26)19-14-7-13-8-15(19)11-22(27,9-13)10-14/h4-5,14-17,21H,6-13H2,1-3H3;3*3-4,12-15,19,27-28H,2,5-11H2,1H3/t15?,16-,17+,21?,25?;3*13?,14-,15+,19?,22?. The largest absolute Gasteiger partial charge is 0.471 e. The molecule has 4 aromatic heterocycles. The number of nitrogens with zero attached hydrogens (tertiary/aromatic N) is 12. The third-order valence-electron chi connectivity index (χ3n) is 32.8. The molecule has 16 bridgehead atoms. The van der Waals surface area contributed by atoms with Gasteiger partial charge in [-0.15, -0.1) is 0 Å². The van der Waals surface area contributed by atoms with Gasteiger partial charge in [-0.2, -0.15) is 20.4 Å². The minimum atomic E-state index is -0.716. The Morgan fingerprint density at radius 1 is 0.386 bits per heavy atom. The lowest BCUT2D eigenvalue weighted by Gasteiger charge is -2.60. The predicted octanol–water partition coefficient (Wildman–Crippen LogP) is 9.89. The number of fused-ring (bicyclic) bond motifs is 14. The topological polar surface area (TPSA) is 245 Å². The van der Waals surface area contributed by atoms with Gasteiger partial charge in [0.1, 0.15) is 0 Å². The Balaban J connectivity index is 0.0000000927. The van der Waals surface area contributed by atoms with Gasteiger partial charge in [0.05, 0.1) is 62.4 Å². The van der Waals surface area contributed by atoms with Crippen molar-refractivity contribution in [2.45, 2.75) is 244 Å². The van der Waals surface area contributed by atoms with Crippen LogP contribution in [0, 0.1) is 100 Å². The Bertz CT molecular complexity index is 4470. The summed E-state index contributed by atoms with van der Waals surface area (Å²) < 4.78 is 6.59. The van der Waals surface area contributed by atoms with Gasteiger partial charge in [-0.1, -0.05) is 76.3 Å². The zero-order chi connectivity index (χ0) is 77.4. The van der Waals surface area contributed by atoms with Crippen molar-refractivity contribution in [3.05, 3.63) is 116 Å². The fraction of sp³-hybridized carbons (Fsp3) is 0.648. The third kappa shape index (κ3) is 12.0. The van der Waals surface area contributed by atoms with Crippen LogP contribution in [0.2, 0.25) is 0 Å². The van der Waals surface area contributed by atoms with Crippen LogP contribution in [0.3, 0.4) is 0 Å². The van der Waals surface area contributed by atoms with Gasteiger partial charge >= 0.3 is 28.2 Å². The van der Waals surface area contributed by atoms with Crippen LogP contribution >= 0.6 is 0 Å². The number of pyridine rings is 4. The fourth-order valence-electron chi connectivity index (χ4n) is 29.7. The van der Waals surface area contributed by atoms with E-state index in [2.05, 4.69) is 116 Å². The third-order valence-corrected chi connectivity index (χ3v) is 32.8. The first-order valence-corrected chi connectivity index (χ1v) is 45.1. The summed E-state index contributed by atoms with van der Waals surface area (Å²) >= 11 is 0. The number of hydrogen-bond acceptors (Lipinski definition) is 19. The molecule has 1 saturated heterocycles. The molecule has 20 aliphatic carbocycles. The molecule has 12 unspecified atom stereocenters. The van der Waals surface area contributed by atoms with Crippen LogP contribution in [-0.4, -0.2) is 170 Å². The Morgan fingerprint density at radius 2 is 0.675 bits per heavy atom. The van der Waals surface area contributed by atoms with E-state index in [1.54, 1.807) is 0 Å². The summed E-state index contributed by atoms with van der Waals surface area (Å²) in [6.45, 7) is 16.5. The summed E-state index contributed by atoms with van der Waals surface area (Å²) in [7, 11) is -2.24. The average Bonchev–Trinajstić information content (AvgIpc) is 1.03. The van der Waals surface area contributed by atoms with Crippen LogP contribution in [-0.2, 0) is 30.3 Å². The van der Waals surface area contributed by atoms with E-state index in [4.69, 9.17) is 30.0 Å². The minimum absolute atomic E-state index is 0.0892. The first-order valence-electron chi connectivity index (χ1n) is 45.1. The second kappa shape index (κ2) is 27.2. The molecule has 5 aliphatic heterocycles. The molecule has 16 saturated carbocycles. The molecule has 19 nitrogen and oxygen atoms in total. The lowest BCUT2D eigenvalue weighted by molar-refractivity contribution is -0.138. The maximum atomic E-state index is 11.0. The van der Waals surface area contributed by atoms with Gasteiger partial charge in [0.2, 0.25) is 0 Å². The van der Waals surface area contributed by atoms with E-state index in [0.717, 1.165) is 220 Å². The average molecular weight is 1530 g/mol. The van der Waals surface area contributed by atoms with Gasteiger partial charge in [-0.25, -0.2) is 0 Å². The second-order valence-corrected chi connectivity index (χ2v) is 41.4. The van der Waals surface area contributed by atoms with Crippen LogP contribution in [0.4, 0.5) is 0 Å². The van der Waals surface area contributed by atoms with Crippen LogP contribution in [0.15, 0.2) is 69.5 Å². The number of hydrazone groups is 4. The highest BCUT2D eigenvalue weighted by Gasteiger charge is 2.62. The zero-order valence-electron chi connectivity index (χ0n) is 68.1. The van der Waals surface area contributed by atoms with Crippen molar-refractivity contribution in [2.75, 3.05) is 26.2 Å². The molecule has 0 radical (unpaired) electrons. The number of hydrogen-bond donors (Lipinski definition) is 6. The highest BCUT2D eigenvalue weighted by Crippen LogP contribution is 2.65. The Kier molecular flexibility index (Phi) is 17.6. The summed E-state index contributed by atoms with van der Waals surface area (Å²) in [6.07, 6.45) is 55.6. The van der Waals surface area contributed by atoms with Gasteiger partial charge in [-0.3, -0.25) is 19.9 Å². The number of aromatic nitrogens is 4. The molecule has 17 fully saturated rings. The van der Waals surface area contributed by atoms with Crippen molar-refractivity contribution in [1.82, 2.24) is 39.6 Å². The van der Waals surface area contributed by atoms with E-state index in [9.17, 15) is 30.4 Å². The Labute approximate surface area is 674 Å². The smallest absolute Gasteiger partial charge is 0.428 e. The zero-order valence-corrected chi connectivity index (χ0v) is 68.1. The lowest BCUT2D eigenvalue weighted by Crippen LogP contribution is -2.62. The lowest BCUT2D eigenvalue weighted by atomic mass is 9.45. The van der Waals surface area contributed by atoms with E-state index >= 15 is 0 Å². The Hall–Kier alpha value is -6.58. The van der Waals surface area contributed by atoms with E-state index in [-0.39, 0.29) is 12.7 Å². The van der Waals surface area contributed by atoms with Gasteiger partial charge < -0.3 is 54.7 Å². The van der Waals surface area contributed by atoms with Crippen LogP contribution in [0.1, 0.15) is 263 Å². The van der Waals surface area contributed by atoms with Crippen LogP contribution in [0.5, 0.6) is 0 Å². The molecular formula is C91H116B4N12O7. The molecule has 0 spiro atoms. The van der Waals surface area contributed by atoms with E-state index in [1.165, 1.54) is 115 Å². The fourth-order valence-corrected chi connectivity index (χ4v) is 29.7. The summed E-state index contributed by atoms with van der Waals surface area (Å²) in [5.74, 6) is 9.47. The van der Waals surface area contributed by atoms with E-state index in [0.29, 0.717) is 82.3 Å². The summed E-state index contributed by atoms with van der Waals surface area (Å²) in [5.41, 5.74) is 22.2. The summed E-state index contributed by atoms with van der Waals surface area (Å²) in [6, 6.07) is 0. The van der Waals surface area contributed by atoms with Gasteiger partial charge in [0, 0.05) is 172 Å². The molecule has 0 amide bonds. The minimum Gasteiger partial charge on any atom is -0.428 e. The molecule has 20 atom stereocenters. The SMILES string of the molecule is CC12CC3C[C@H](C1)C(C1=NN4CCC(C)(C)OB4c4cnc5c(c41)C=CC5)[C@@H](C3)C2.CCCN1N=C(C2[C@@H]3CC4C[C@H]2CC(O)(C4)C3)c2c(cnc3c2C=CC3)B1O.CCCN1N=C(C2[C@@H]3CC4C[C@H]2CC(O)(C4)C3)c2c(cnc3c2C=CC3)B1O.CCCN1N=C(C2[C@@H]3CC4C[C@H]2CC(O)(C4)C3)c2c(cnc3c2C=CC3)B1O. The van der Waals surface area contributed by atoms with Crippen molar-refractivity contribution in [1.29, 1.82) is 0 Å². The first-order chi connectivity index (χ1) is 55.1. The van der Waals surface area contributed by atoms with Crippen molar-refractivity contribution in [3.63, 3.8) is 0 Å². The van der Waals surface area contributed by atoms with E-state index in [1.807, 2.05) is 33.4 Å². The summed E-state index contributed by atoms with van der Waals surface area (Å²) in [5, 5.41) is 86.8. The molecule has 29 rings (SSSR count). The molecular weight excluding hydrogens is 1420 g/mol.